The van der Waals surface area contributed by atoms with Crippen LogP contribution >= 0.6 is 0 Å². The first-order chi connectivity index (χ1) is 7.80. The molecule has 0 saturated carbocycles. The maximum atomic E-state index is 12.5. The summed E-state index contributed by atoms with van der Waals surface area (Å²) in [6.45, 7) is 0. The number of alkyl halides is 3. The molecule has 1 atom stereocenters. The predicted molar refractivity (Wildman–Crippen MR) is 51.5 cm³/mol. The Bertz CT molecular complexity index is 397. The molecule has 0 amide bonds. The van der Waals surface area contributed by atoms with Gasteiger partial charge in [0.2, 0.25) is 0 Å². The van der Waals surface area contributed by atoms with E-state index in [0.717, 1.165) is 0 Å². The molecular formula is C10H10F3NO3. The lowest BCUT2D eigenvalue weighted by molar-refractivity contribution is -0.182. The van der Waals surface area contributed by atoms with Gasteiger partial charge in [0.05, 0.1) is 18.0 Å². The number of carbonyl (C=O) groups excluding carboxylic acids is 1. The molecule has 1 aromatic heterocycles. The van der Waals surface area contributed by atoms with Crippen LogP contribution in [-0.2, 0) is 4.79 Å². The number of H-pyrrole nitrogens is 1. The number of halogens is 3. The van der Waals surface area contributed by atoms with E-state index >= 15 is 0 Å². The van der Waals surface area contributed by atoms with Gasteiger partial charge in [-0.15, -0.1) is 0 Å². The molecule has 94 valence electrons. The van der Waals surface area contributed by atoms with E-state index in [-0.39, 0.29) is 5.69 Å². The summed E-state index contributed by atoms with van der Waals surface area (Å²) in [7, 11) is 0. The highest BCUT2D eigenvalue weighted by Crippen LogP contribution is 2.32. The number of carboxylic acid groups (broad SMARTS) is 1. The molecule has 0 radical (unpaired) electrons. The molecule has 0 aliphatic heterocycles. The molecule has 4 nitrogen and oxygen atoms in total. The fourth-order valence-corrected chi connectivity index (χ4v) is 1.35. The normalized spacial score (nSPS) is 13.4. The Hall–Kier alpha value is -1.79. The second-order valence-electron chi connectivity index (χ2n) is 3.55. The summed E-state index contributed by atoms with van der Waals surface area (Å²) in [4.78, 5) is 24.2. The molecule has 0 fully saturated rings. The number of Topliss-reactive ketones (excluding diaryl/α,β-unsaturated/α-hetero) is 1. The molecule has 0 spiro atoms. The Labute approximate surface area is 94.4 Å². The summed E-state index contributed by atoms with van der Waals surface area (Å²) in [5.74, 6) is -4.49. The zero-order valence-corrected chi connectivity index (χ0v) is 8.62. The van der Waals surface area contributed by atoms with Gasteiger partial charge in [-0.25, -0.2) is 0 Å². The molecular weight excluding hydrogens is 239 g/mol. The van der Waals surface area contributed by atoms with E-state index in [0.29, 0.717) is 0 Å². The zero-order valence-electron chi connectivity index (χ0n) is 8.62. The van der Waals surface area contributed by atoms with Crippen molar-refractivity contribution in [1.82, 2.24) is 4.98 Å². The molecule has 0 aliphatic carbocycles. The minimum atomic E-state index is -4.69. The highest BCUT2D eigenvalue weighted by atomic mass is 19.4. The highest BCUT2D eigenvalue weighted by molar-refractivity contribution is 5.94. The largest absolute Gasteiger partial charge is 0.481 e. The fraction of sp³-hybridized carbons (Fsp3) is 0.400. The average Bonchev–Trinajstić information content (AvgIpc) is 2.66. The Balaban J connectivity index is 2.73. The van der Waals surface area contributed by atoms with Crippen LogP contribution < -0.4 is 0 Å². The monoisotopic (exact) mass is 249 g/mol. The van der Waals surface area contributed by atoms with Crippen molar-refractivity contribution in [1.29, 1.82) is 0 Å². The summed E-state index contributed by atoms with van der Waals surface area (Å²) < 4.78 is 37.4. The standard InChI is InChI=1S/C10H10F3NO3/c11-10(12,13)6(5-9(16)17)4-8(15)7-2-1-3-14-7/h1-3,6,14H,4-5H2,(H,16,17)/t6-/m1/s1. The number of hydrogen-bond donors (Lipinski definition) is 2. The van der Waals surface area contributed by atoms with Crippen molar-refractivity contribution in [3.8, 4) is 0 Å². The van der Waals surface area contributed by atoms with Gasteiger partial charge in [-0.1, -0.05) is 0 Å². The van der Waals surface area contributed by atoms with Crippen molar-refractivity contribution in [2.24, 2.45) is 5.92 Å². The smallest absolute Gasteiger partial charge is 0.392 e. The molecule has 1 heterocycles. The van der Waals surface area contributed by atoms with E-state index in [4.69, 9.17) is 5.11 Å². The highest BCUT2D eigenvalue weighted by Gasteiger charge is 2.42. The summed E-state index contributed by atoms with van der Waals surface area (Å²) in [6, 6.07) is 2.82. The van der Waals surface area contributed by atoms with Gasteiger partial charge in [0.25, 0.3) is 0 Å². The number of nitrogens with one attached hydrogen (secondary N) is 1. The van der Waals surface area contributed by atoms with E-state index in [1.54, 1.807) is 0 Å². The van der Waals surface area contributed by atoms with Crippen molar-refractivity contribution in [3.63, 3.8) is 0 Å². The number of aliphatic carboxylic acids is 1. The third-order valence-corrected chi connectivity index (χ3v) is 2.21. The number of carbonyl (C=O) groups is 2. The molecule has 1 aromatic rings. The summed E-state index contributed by atoms with van der Waals surface area (Å²) in [5.41, 5.74) is 0.0460. The lowest BCUT2D eigenvalue weighted by atomic mass is 9.97. The number of carboxylic acids is 1. The second kappa shape index (κ2) is 5.03. The first-order valence-corrected chi connectivity index (χ1v) is 4.76. The van der Waals surface area contributed by atoms with Gasteiger partial charge < -0.3 is 10.1 Å². The summed E-state index contributed by atoms with van der Waals surface area (Å²) in [5, 5.41) is 8.37. The molecule has 1 rings (SSSR count). The Kier molecular flexibility index (Phi) is 3.93. The molecule has 17 heavy (non-hydrogen) atoms. The molecule has 7 heteroatoms. The molecule has 0 saturated heterocycles. The number of aromatic nitrogens is 1. The average molecular weight is 249 g/mol. The van der Waals surface area contributed by atoms with Crippen LogP contribution in [-0.4, -0.2) is 28.0 Å². The van der Waals surface area contributed by atoms with Crippen LogP contribution in [0, 0.1) is 5.92 Å². The Morgan fingerprint density at radius 1 is 1.35 bits per heavy atom. The molecule has 0 aliphatic rings. The number of rotatable bonds is 5. The maximum Gasteiger partial charge on any atom is 0.392 e. The zero-order chi connectivity index (χ0) is 13.1. The first-order valence-electron chi connectivity index (χ1n) is 4.76. The van der Waals surface area contributed by atoms with Crippen LogP contribution in [0.3, 0.4) is 0 Å². The Morgan fingerprint density at radius 2 is 2.00 bits per heavy atom. The van der Waals surface area contributed by atoms with Gasteiger partial charge in [-0.2, -0.15) is 13.2 Å². The van der Waals surface area contributed by atoms with Crippen LogP contribution in [0.5, 0.6) is 0 Å². The third-order valence-electron chi connectivity index (χ3n) is 2.21. The maximum absolute atomic E-state index is 12.5. The van der Waals surface area contributed by atoms with Crippen LogP contribution in [0.2, 0.25) is 0 Å². The summed E-state index contributed by atoms with van der Waals surface area (Å²) >= 11 is 0. The second-order valence-corrected chi connectivity index (χ2v) is 3.55. The van der Waals surface area contributed by atoms with E-state index < -0.39 is 36.7 Å². The van der Waals surface area contributed by atoms with Crippen LogP contribution in [0.15, 0.2) is 18.3 Å². The quantitative estimate of drug-likeness (QED) is 0.786. The predicted octanol–water partition coefficient (Wildman–Crippen LogP) is 2.24. The van der Waals surface area contributed by atoms with Crippen molar-refractivity contribution in [2.45, 2.75) is 19.0 Å². The van der Waals surface area contributed by atoms with Crippen LogP contribution in [0.4, 0.5) is 13.2 Å². The fourth-order valence-electron chi connectivity index (χ4n) is 1.35. The van der Waals surface area contributed by atoms with Crippen molar-refractivity contribution < 1.29 is 27.9 Å². The first kappa shape index (κ1) is 13.3. The van der Waals surface area contributed by atoms with Gasteiger partial charge in [-0.3, -0.25) is 9.59 Å². The topological polar surface area (TPSA) is 70.2 Å². The summed E-state index contributed by atoms with van der Waals surface area (Å²) in [6.07, 6.45) is -5.25. The van der Waals surface area contributed by atoms with Crippen LogP contribution in [0.25, 0.3) is 0 Å². The van der Waals surface area contributed by atoms with Crippen molar-refractivity contribution in [3.05, 3.63) is 24.0 Å². The molecule has 0 bridgehead atoms. The van der Waals surface area contributed by atoms with E-state index in [1.165, 1.54) is 18.3 Å². The van der Waals surface area contributed by atoms with Gasteiger partial charge in [0.15, 0.2) is 5.78 Å². The lowest BCUT2D eigenvalue weighted by Gasteiger charge is -2.17. The number of ketones is 1. The SMILES string of the molecule is O=C(O)C[C@@H](CC(=O)c1ccc[nH]1)C(F)(F)F. The van der Waals surface area contributed by atoms with Gasteiger partial charge in [-0.05, 0) is 12.1 Å². The Morgan fingerprint density at radius 3 is 2.41 bits per heavy atom. The minimum Gasteiger partial charge on any atom is -0.481 e. The molecule has 2 N–H and O–H groups in total. The van der Waals surface area contributed by atoms with Gasteiger partial charge >= 0.3 is 12.1 Å². The third kappa shape index (κ3) is 3.93. The van der Waals surface area contributed by atoms with E-state index in [2.05, 4.69) is 4.98 Å². The van der Waals surface area contributed by atoms with Crippen molar-refractivity contribution >= 4 is 11.8 Å². The number of hydrogen-bond acceptors (Lipinski definition) is 2. The molecule has 0 aromatic carbocycles. The van der Waals surface area contributed by atoms with E-state index in [1.807, 2.05) is 0 Å². The molecule has 0 unspecified atom stereocenters. The lowest BCUT2D eigenvalue weighted by Crippen LogP contribution is -2.28. The van der Waals surface area contributed by atoms with Crippen LogP contribution in [0.1, 0.15) is 23.3 Å². The van der Waals surface area contributed by atoms with Crippen molar-refractivity contribution in [2.75, 3.05) is 0 Å². The van der Waals surface area contributed by atoms with E-state index in [9.17, 15) is 22.8 Å². The minimum absolute atomic E-state index is 0.0460. The van der Waals surface area contributed by atoms with Gasteiger partial charge in [0, 0.05) is 12.6 Å². The number of aromatic amines is 1. The van der Waals surface area contributed by atoms with Gasteiger partial charge in [0.1, 0.15) is 0 Å².